The van der Waals surface area contributed by atoms with Gasteiger partial charge in [-0.25, -0.2) is 4.98 Å². The first-order chi connectivity index (χ1) is 13.3. The van der Waals surface area contributed by atoms with Gasteiger partial charge in [0, 0.05) is 17.5 Å². The number of aromatic nitrogens is 6. The van der Waals surface area contributed by atoms with Gasteiger partial charge in [-0.3, -0.25) is 4.79 Å². The molecule has 0 unspecified atom stereocenters. The van der Waals surface area contributed by atoms with Crippen LogP contribution < -0.4 is 10.9 Å². The summed E-state index contributed by atoms with van der Waals surface area (Å²) in [5, 5.41) is 25.6. The summed E-state index contributed by atoms with van der Waals surface area (Å²) in [6.07, 6.45) is 1.46. The minimum atomic E-state index is -0.300. The van der Waals surface area contributed by atoms with Crippen molar-refractivity contribution in [2.75, 3.05) is 5.32 Å². The van der Waals surface area contributed by atoms with E-state index in [1.54, 1.807) is 18.2 Å². The molecule has 0 radical (unpaired) electrons. The van der Waals surface area contributed by atoms with Crippen molar-refractivity contribution in [1.29, 1.82) is 5.26 Å². The molecule has 4 aromatic rings. The summed E-state index contributed by atoms with van der Waals surface area (Å²) in [5.74, 6) is 0.171. The highest BCUT2D eigenvalue weighted by Gasteiger charge is 2.12. The largest absolute Gasteiger partial charge is 0.360 e. The number of aromatic amines is 2. The second-order valence-corrected chi connectivity index (χ2v) is 5.53. The van der Waals surface area contributed by atoms with E-state index in [0.717, 1.165) is 0 Å². The first-order valence-corrected chi connectivity index (χ1v) is 7.95. The highest BCUT2D eigenvalue weighted by molar-refractivity contribution is 5.82. The van der Waals surface area contributed by atoms with Crippen molar-refractivity contribution in [3.05, 3.63) is 70.9 Å². The summed E-state index contributed by atoms with van der Waals surface area (Å²) < 4.78 is 0. The number of hydrogen-bond donors (Lipinski definition) is 3. The van der Waals surface area contributed by atoms with Crippen LogP contribution in [0.3, 0.4) is 0 Å². The molecule has 0 bridgehead atoms. The van der Waals surface area contributed by atoms with E-state index < -0.39 is 0 Å². The number of hydrogen-bond acceptors (Lipinski definition) is 7. The lowest BCUT2D eigenvalue weighted by Gasteiger charge is -2.09. The molecule has 0 amide bonds. The van der Waals surface area contributed by atoms with Crippen LogP contribution in [0, 0.1) is 11.3 Å². The number of allylic oxidation sites excluding steroid dienone is 1. The molecule has 0 aliphatic heterocycles. The smallest absolute Gasteiger partial charge is 0.275 e. The third-order valence-electron chi connectivity index (χ3n) is 3.86. The van der Waals surface area contributed by atoms with E-state index in [1.807, 2.05) is 36.4 Å². The van der Waals surface area contributed by atoms with Gasteiger partial charge in [-0.2, -0.15) is 10.5 Å². The first kappa shape index (κ1) is 16.2. The number of anilines is 1. The summed E-state index contributed by atoms with van der Waals surface area (Å²) in [6.45, 7) is 0. The quantitative estimate of drug-likeness (QED) is 0.476. The van der Waals surface area contributed by atoms with Crippen LogP contribution in [0.2, 0.25) is 0 Å². The average molecular weight is 356 g/mol. The van der Waals surface area contributed by atoms with Crippen LogP contribution in [0.5, 0.6) is 0 Å². The Labute approximate surface area is 152 Å². The lowest BCUT2D eigenvalue weighted by molar-refractivity contribution is 0.881. The first-order valence-electron chi connectivity index (χ1n) is 7.95. The van der Waals surface area contributed by atoms with Crippen LogP contribution in [0.15, 0.2) is 59.5 Å². The van der Waals surface area contributed by atoms with Crippen molar-refractivity contribution < 1.29 is 0 Å². The van der Waals surface area contributed by atoms with Crippen LogP contribution in [-0.2, 0) is 0 Å². The molecule has 0 saturated heterocycles. The Balaban J connectivity index is 1.77. The fourth-order valence-electron chi connectivity index (χ4n) is 2.60. The number of H-pyrrole nitrogens is 2. The third-order valence-corrected chi connectivity index (χ3v) is 3.86. The average Bonchev–Trinajstić information content (AvgIpc) is 3.23. The zero-order valence-corrected chi connectivity index (χ0v) is 13.8. The number of rotatable bonds is 4. The molecule has 2 heterocycles. The lowest BCUT2D eigenvalue weighted by Crippen LogP contribution is -2.12. The lowest BCUT2D eigenvalue weighted by atomic mass is 10.1. The van der Waals surface area contributed by atoms with Gasteiger partial charge in [0.2, 0.25) is 5.82 Å². The third kappa shape index (κ3) is 3.14. The van der Waals surface area contributed by atoms with Crippen molar-refractivity contribution >= 4 is 22.3 Å². The number of nitrogens with one attached hydrogen (secondary N) is 3. The standard InChI is InChI=1S/C18H12N8O/c19-9-11(17-23-25-26-24-17)10-20-13-6-2-1-5-12(13)16-18(27)22-15-8-4-3-7-14(15)21-16/h1-8,10,20H,(H,22,27)(H,23,24,25,26). The molecular weight excluding hydrogens is 344 g/mol. The van der Waals surface area contributed by atoms with Gasteiger partial charge < -0.3 is 10.3 Å². The van der Waals surface area contributed by atoms with Gasteiger partial charge in [0.1, 0.15) is 17.3 Å². The van der Waals surface area contributed by atoms with Gasteiger partial charge in [0.25, 0.3) is 5.56 Å². The fourth-order valence-corrected chi connectivity index (χ4v) is 2.60. The number of para-hydroxylation sites is 3. The minimum Gasteiger partial charge on any atom is -0.360 e. The van der Waals surface area contributed by atoms with Crippen LogP contribution in [0.1, 0.15) is 5.82 Å². The van der Waals surface area contributed by atoms with Gasteiger partial charge in [0.05, 0.1) is 11.0 Å². The van der Waals surface area contributed by atoms with Crippen LogP contribution >= 0.6 is 0 Å². The molecule has 3 N–H and O–H groups in total. The van der Waals surface area contributed by atoms with Crippen LogP contribution in [0.4, 0.5) is 5.69 Å². The molecule has 27 heavy (non-hydrogen) atoms. The number of nitrogens with zero attached hydrogens (tertiary/aromatic N) is 5. The van der Waals surface area contributed by atoms with Crippen LogP contribution in [-0.4, -0.2) is 30.6 Å². The Morgan fingerprint density at radius 2 is 1.96 bits per heavy atom. The van der Waals surface area contributed by atoms with Crippen molar-refractivity contribution in [2.45, 2.75) is 0 Å². The van der Waals surface area contributed by atoms with E-state index in [0.29, 0.717) is 22.3 Å². The number of benzene rings is 2. The van der Waals surface area contributed by atoms with Crippen molar-refractivity contribution in [3.8, 4) is 17.3 Å². The molecule has 0 aliphatic carbocycles. The Bertz CT molecular complexity index is 1230. The molecule has 2 aromatic heterocycles. The maximum atomic E-state index is 12.5. The molecule has 2 aromatic carbocycles. The zero-order chi connectivity index (χ0) is 18.6. The Hall–Kier alpha value is -4.32. The number of fused-ring (bicyclic) bond motifs is 1. The molecule has 4 rings (SSSR count). The molecule has 0 saturated carbocycles. The predicted molar refractivity (Wildman–Crippen MR) is 99.2 cm³/mol. The Morgan fingerprint density at radius 3 is 2.78 bits per heavy atom. The second kappa shape index (κ2) is 6.89. The second-order valence-electron chi connectivity index (χ2n) is 5.53. The SMILES string of the molecule is N#CC(=CNc1ccccc1-c1nc2ccccc2[nH]c1=O)c1nn[nH]n1. The highest BCUT2D eigenvalue weighted by Crippen LogP contribution is 2.25. The molecule has 130 valence electrons. The summed E-state index contributed by atoms with van der Waals surface area (Å²) >= 11 is 0. The number of nitriles is 1. The minimum absolute atomic E-state index is 0.171. The van der Waals surface area contributed by atoms with Gasteiger partial charge in [-0.15, -0.1) is 10.2 Å². The van der Waals surface area contributed by atoms with E-state index in [9.17, 15) is 10.1 Å². The topological polar surface area (TPSA) is 136 Å². The molecule has 0 spiro atoms. The Morgan fingerprint density at radius 1 is 1.15 bits per heavy atom. The molecular formula is C18H12N8O. The predicted octanol–water partition coefficient (Wildman–Crippen LogP) is 2.08. The molecule has 9 nitrogen and oxygen atoms in total. The van der Waals surface area contributed by atoms with Gasteiger partial charge in [-0.1, -0.05) is 30.3 Å². The monoisotopic (exact) mass is 356 g/mol. The summed E-state index contributed by atoms with van der Waals surface area (Å²) in [4.78, 5) is 19.9. The van der Waals surface area contributed by atoms with E-state index in [1.165, 1.54) is 6.20 Å². The zero-order valence-electron chi connectivity index (χ0n) is 13.8. The van der Waals surface area contributed by atoms with E-state index >= 15 is 0 Å². The molecule has 0 fully saturated rings. The Kier molecular flexibility index (Phi) is 4.13. The normalized spacial score (nSPS) is 11.3. The maximum Gasteiger partial charge on any atom is 0.275 e. The summed E-state index contributed by atoms with van der Waals surface area (Å²) in [5.41, 5.74) is 2.74. The van der Waals surface area contributed by atoms with E-state index in [4.69, 9.17) is 0 Å². The molecule has 0 atom stereocenters. The fraction of sp³-hybridized carbons (Fsp3) is 0. The highest BCUT2D eigenvalue weighted by atomic mass is 16.1. The molecule has 9 heteroatoms. The van der Waals surface area contributed by atoms with Crippen molar-refractivity contribution in [3.63, 3.8) is 0 Å². The van der Waals surface area contributed by atoms with Crippen LogP contribution in [0.25, 0.3) is 27.9 Å². The maximum absolute atomic E-state index is 12.5. The molecule has 0 aliphatic rings. The van der Waals surface area contributed by atoms with E-state index in [-0.39, 0.29) is 22.7 Å². The van der Waals surface area contributed by atoms with Gasteiger partial charge in [-0.05, 0) is 23.4 Å². The summed E-state index contributed by atoms with van der Waals surface area (Å²) in [6, 6.07) is 16.5. The summed E-state index contributed by atoms with van der Waals surface area (Å²) in [7, 11) is 0. The van der Waals surface area contributed by atoms with Crippen molar-refractivity contribution in [1.82, 2.24) is 30.6 Å². The van der Waals surface area contributed by atoms with E-state index in [2.05, 4.69) is 35.9 Å². The van der Waals surface area contributed by atoms with Gasteiger partial charge >= 0.3 is 0 Å². The van der Waals surface area contributed by atoms with Crippen molar-refractivity contribution in [2.24, 2.45) is 0 Å². The number of tetrazole rings is 1. The van der Waals surface area contributed by atoms with Gasteiger partial charge in [0.15, 0.2) is 0 Å².